The lowest BCUT2D eigenvalue weighted by Crippen LogP contribution is -2.15. The average Bonchev–Trinajstić information content (AvgIpc) is 2.69. The topological polar surface area (TPSA) is 114 Å². The molecule has 1 aromatic heterocycles. The molecule has 0 bridgehead atoms. The molecule has 7 heteroatoms. The van der Waals surface area contributed by atoms with Gasteiger partial charge >= 0.3 is 0 Å². The van der Waals surface area contributed by atoms with Crippen LogP contribution in [0.2, 0.25) is 0 Å². The van der Waals surface area contributed by atoms with Gasteiger partial charge in [-0.2, -0.15) is 10.5 Å². The summed E-state index contributed by atoms with van der Waals surface area (Å²) < 4.78 is 0. The van der Waals surface area contributed by atoms with E-state index in [9.17, 15) is 4.79 Å². The van der Waals surface area contributed by atoms with Crippen LogP contribution in [0.25, 0.3) is 0 Å². The van der Waals surface area contributed by atoms with Gasteiger partial charge in [0.2, 0.25) is 0 Å². The number of nitriles is 2. The highest BCUT2D eigenvalue weighted by Crippen LogP contribution is 2.19. The molecular weight excluding hydrogens is 328 g/mol. The van der Waals surface area contributed by atoms with Crippen molar-refractivity contribution >= 4 is 23.1 Å². The third-order valence-electron chi connectivity index (χ3n) is 3.51. The fourth-order valence-corrected chi connectivity index (χ4v) is 2.25. The number of hydrogen-bond acceptors (Lipinski definition) is 6. The highest BCUT2D eigenvalue weighted by Gasteiger charge is 2.12. The fourth-order valence-electron chi connectivity index (χ4n) is 2.25. The highest BCUT2D eigenvalue weighted by molar-refractivity contribution is 6.04. The Morgan fingerprint density at radius 1 is 0.885 bits per heavy atom. The molecule has 7 nitrogen and oxygen atoms in total. The summed E-state index contributed by atoms with van der Waals surface area (Å²) in [5.74, 6) is -0.0897. The Hall–Kier alpha value is -4.23. The van der Waals surface area contributed by atoms with Gasteiger partial charge < -0.3 is 10.6 Å². The maximum atomic E-state index is 12.4. The number of carbonyl (C=O) groups is 1. The summed E-state index contributed by atoms with van der Waals surface area (Å²) in [6, 6.07) is 19.2. The molecule has 2 N–H and O–H groups in total. The first kappa shape index (κ1) is 16.6. The van der Waals surface area contributed by atoms with Crippen LogP contribution in [0.1, 0.15) is 21.6 Å². The van der Waals surface area contributed by atoms with Crippen molar-refractivity contribution in [2.75, 3.05) is 10.6 Å². The molecule has 0 unspecified atom stereocenters. The minimum absolute atomic E-state index is 0.129. The van der Waals surface area contributed by atoms with Crippen LogP contribution in [-0.2, 0) is 0 Å². The molecule has 3 aromatic rings. The first-order valence-electron chi connectivity index (χ1n) is 7.60. The van der Waals surface area contributed by atoms with E-state index < -0.39 is 5.91 Å². The molecule has 26 heavy (non-hydrogen) atoms. The van der Waals surface area contributed by atoms with Crippen LogP contribution in [0.3, 0.4) is 0 Å². The quantitative estimate of drug-likeness (QED) is 0.753. The Kier molecular flexibility index (Phi) is 4.83. The Bertz CT molecular complexity index is 1050. The van der Waals surface area contributed by atoms with E-state index in [2.05, 4.69) is 26.7 Å². The number of carbonyl (C=O) groups excluding carboxylic acids is 1. The van der Waals surface area contributed by atoms with E-state index in [4.69, 9.17) is 10.5 Å². The van der Waals surface area contributed by atoms with Gasteiger partial charge in [-0.1, -0.05) is 24.3 Å². The maximum Gasteiger partial charge on any atom is 0.274 e. The lowest BCUT2D eigenvalue weighted by atomic mass is 10.2. The minimum atomic E-state index is -0.466. The zero-order chi connectivity index (χ0) is 18.4. The third kappa shape index (κ3) is 3.64. The monoisotopic (exact) mass is 340 g/mol. The first-order valence-corrected chi connectivity index (χ1v) is 7.60. The number of rotatable bonds is 4. The van der Waals surface area contributed by atoms with Gasteiger partial charge in [0.1, 0.15) is 30.0 Å². The van der Waals surface area contributed by atoms with Crippen molar-refractivity contribution in [2.45, 2.75) is 0 Å². The van der Waals surface area contributed by atoms with Crippen molar-refractivity contribution in [3.05, 3.63) is 77.7 Å². The van der Waals surface area contributed by atoms with Gasteiger partial charge in [-0.3, -0.25) is 4.79 Å². The number of hydrogen-bond donors (Lipinski definition) is 2. The van der Waals surface area contributed by atoms with Crippen LogP contribution in [0, 0.1) is 22.7 Å². The van der Waals surface area contributed by atoms with Gasteiger partial charge in [-0.15, -0.1) is 0 Å². The SMILES string of the molecule is N#Cc1ccccc1NC(=O)c1cc(Nc2ccccc2C#N)ncn1. The summed E-state index contributed by atoms with van der Waals surface area (Å²) in [5, 5.41) is 23.9. The molecule has 0 aliphatic carbocycles. The summed E-state index contributed by atoms with van der Waals surface area (Å²) in [7, 11) is 0. The number of para-hydroxylation sites is 2. The Morgan fingerprint density at radius 2 is 1.50 bits per heavy atom. The summed E-state index contributed by atoms with van der Waals surface area (Å²) >= 11 is 0. The van der Waals surface area contributed by atoms with Gasteiger partial charge in [-0.25, -0.2) is 9.97 Å². The van der Waals surface area contributed by atoms with Gasteiger partial charge in [0, 0.05) is 6.07 Å². The molecule has 0 fully saturated rings. The van der Waals surface area contributed by atoms with Gasteiger partial charge in [0.25, 0.3) is 5.91 Å². The van der Waals surface area contributed by atoms with E-state index in [1.165, 1.54) is 12.4 Å². The van der Waals surface area contributed by atoms with Crippen molar-refractivity contribution in [3.8, 4) is 12.1 Å². The van der Waals surface area contributed by atoms with Crippen LogP contribution in [0.5, 0.6) is 0 Å². The van der Waals surface area contributed by atoms with E-state index in [0.717, 1.165) is 0 Å². The van der Waals surface area contributed by atoms with E-state index in [-0.39, 0.29) is 5.69 Å². The third-order valence-corrected chi connectivity index (χ3v) is 3.51. The van der Waals surface area contributed by atoms with Crippen molar-refractivity contribution in [1.29, 1.82) is 10.5 Å². The standard InChI is InChI=1S/C19H12N6O/c20-10-13-5-1-3-7-15(13)24-18-9-17(22-12-23-18)19(26)25-16-8-4-2-6-14(16)11-21/h1-9,12H,(H,25,26)(H,22,23,24). The summed E-state index contributed by atoms with van der Waals surface area (Å²) in [6.07, 6.45) is 1.25. The number of anilines is 3. The molecule has 2 aromatic carbocycles. The minimum Gasteiger partial charge on any atom is -0.339 e. The predicted molar refractivity (Wildman–Crippen MR) is 95.6 cm³/mol. The van der Waals surface area contributed by atoms with Crippen LogP contribution in [0.15, 0.2) is 60.9 Å². The van der Waals surface area contributed by atoms with Crippen molar-refractivity contribution < 1.29 is 4.79 Å². The number of benzene rings is 2. The van der Waals surface area contributed by atoms with E-state index in [1.807, 2.05) is 6.07 Å². The molecule has 1 amide bonds. The second-order valence-electron chi connectivity index (χ2n) is 5.18. The highest BCUT2D eigenvalue weighted by atomic mass is 16.1. The molecule has 1 heterocycles. The zero-order valence-electron chi connectivity index (χ0n) is 13.5. The smallest absolute Gasteiger partial charge is 0.274 e. The first-order chi connectivity index (χ1) is 12.7. The van der Waals surface area contributed by atoms with Crippen LogP contribution in [-0.4, -0.2) is 15.9 Å². The Labute approximate surface area is 149 Å². The summed E-state index contributed by atoms with van der Waals surface area (Å²) in [5.41, 5.74) is 1.93. The van der Waals surface area contributed by atoms with E-state index >= 15 is 0 Å². The summed E-state index contributed by atoms with van der Waals surface area (Å²) in [6.45, 7) is 0. The number of amides is 1. The molecule has 0 saturated carbocycles. The lowest BCUT2D eigenvalue weighted by molar-refractivity contribution is 0.102. The molecule has 0 aliphatic heterocycles. The van der Waals surface area contributed by atoms with E-state index in [1.54, 1.807) is 48.5 Å². The molecule has 0 atom stereocenters. The van der Waals surface area contributed by atoms with Crippen molar-refractivity contribution in [1.82, 2.24) is 9.97 Å². The molecule has 0 radical (unpaired) electrons. The molecule has 0 aliphatic rings. The molecular formula is C19H12N6O. The number of nitrogens with zero attached hydrogens (tertiary/aromatic N) is 4. The van der Waals surface area contributed by atoms with Gasteiger partial charge in [0.15, 0.2) is 0 Å². The average molecular weight is 340 g/mol. The van der Waals surface area contributed by atoms with E-state index in [0.29, 0.717) is 28.3 Å². The normalized spacial score (nSPS) is 9.62. The van der Waals surface area contributed by atoms with Gasteiger partial charge in [0.05, 0.1) is 22.5 Å². The zero-order valence-corrected chi connectivity index (χ0v) is 13.5. The molecule has 0 saturated heterocycles. The molecule has 3 rings (SSSR count). The Balaban J connectivity index is 1.82. The maximum absolute atomic E-state index is 12.4. The fraction of sp³-hybridized carbons (Fsp3) is 0. The predicted octanol–water partition coefficient (Wildman–Crippen LogP) is 3.22. The molecule has 124 valence electrons. The number of nitrogens with one attached hydrogen (secondary N) is 2. The van der Waals surface area contributed by atoms with Gasteiger partial charge in [-0.05, 0) is 24.3 Å². The lowest BCUT2D eigenvalue weighted by Gasteiger charge is -2.09. The second kappa shape index (κ2) is 7.56. The number of aromatic nitrogens is 2. The second-order valence-corrected chi connectivity index (χ2v) is 5.18. The van der Waals surface area contributed by atoms with Crippen molar-refractivity contribution in [2.24, 2.45) is 0 Å². The summed E-state index contributed by atoms with van der Waals surface area (Å²) in [4.78, 5) is 20.5. The Morgan fingerprint density at radius 3 is 2.19 bits per heavy atom. The van der Waals surface area contributed by atoms with Crippen LogP contribution >= 0.6 is 0 Å². The largest absolute Gasteiger partial charge is 0.339 e. The van der Waals surface area contributed by atoms with Crippen molar-refractivity contribution in [3.63, 3.8) is 0 Å². The van der Waals surface area contributed by atoms with Crippen LogP contribution < -0.4 is 10.6 Å². The molecule has 0 spiro atoms. The van der Waals surface area contributed by atoms with Crippen LogP contribution in [0.4, 0.5) is 17.2 Å².